The summed E-state index contributed by atoms with van der Waals surface area (Å²) >= 11 is 6.25. The number of rotatable bonds is 3. The van der Waals surface area contributed by atoms with Crippen LogP contribution in [0.1, 0.15) is 48.9 Å². The molecule has 1 heterocycles. The Hall–Kier alpha value is -1.06. The molecular weight excluding hydrogens is 284 g/mol. The van der Waals surface area contributed by atoms with Gasteiger partial charge in [0, 0.05) is 18.6 Å². The molecule has 0 aromatic heterocycles. The summed E-state index contributed by atoms with van der Waals surface area (Å²) in [6.45, 7) is 1.91. The molecule has 1 saturated carbocycles. The van der Waals surface area contributed by atoms with E-state index in [-0.39, 0.29) is 5.91 Å². The molecule has 114 valence electrons. The fourth-order valence-corrected chi connectivity index (χ4v) is 3.86. The molecule has 1 amide bonds. The molecule has 4 heteroatoms. The minimum atomic E-state index is 0.112. The van der Waals surface area contributed by atoms with Gasteiger partial charge < -0.3 is 10.2 Å². The van der Waals surface area contributed by atoms with Crippen LogP contribution in [0.15, 0.2) is 24.3 Å². The molecule has 1 N–H and O–H groups in total. The van der Waals surface area contributed by atoms with Gasteiger partial charge in [-0.25, -0.2) is 0 Å². The summed E-state index contributed by atoms with van der Waals surface area (Å²) < 4.78 is 0. The molecule has 0 bridgehead atoms. The second kappa shape index (κ2) is 6.80. The van der Waals surface area contributed by atoms with Crippen LogP contribution in [0.25, 0.3) is 0 Å². The maximum absolute atomic E-state index is 13.1. The highest BCUT2D eigenvalue weighted by atomic mass is 35.5. The van der Waals surface area contributed by atoms with E-state index in [1.54, 1.807) is 6.07 Å². The first-order chi connectivity index (χ1) is 10.3. The molecular formula is C17H23ClN2O. The molecule has 1 saturated heterocycles. The van der Waals surface area contributed by atoms with Crippen molar-refractivity contribution in [2.45, 2.75) is 50.6 Å². The minimum Gasteiger partial charge on any atom is -0.331 e. The Labute approximate surface area is 131 Å². The van der Waals surface area contributed by atoms with Crippen LogP contribution in [0.5, 0.6) is 0 Å². The molecule has 1 aromatic rings. The first-order valence-electron chi connectivity index (χ1n) is 8.05. The predicted molar refractivity (Wildman–Crippen MR) is 85.8 cm³/mol. The van der Waals surface area contributed by atoms with E-state index in [4.69, 9.17) is 11.6 Å². The lowest BCUT2D eigenvalue weighted by Crippen LogP contribution is -2.49. The van der Waals surface area contributed by atoms with Crippen molar-refractivity contribution in [1.82, 2.24) is 10.2 Å². The molecule has 3 rings (SSSR count). The summed E-state index contributed by atoms with van der Waals surface area (Å²) in [5, 5.41) is 3.95. The Kier molecular flexibility index (Phi) is 4.81. The zero-order valence-corrected chi connectivity index (χ0v) is 13.1. The molecule has 2 fully saturated rings. The summed E-state index contributed by atoms with van der Waals surface area (Å²) in [6.07, 6.45) is 7.08. The largest absolute Gasteiger partial charge is 0.331 e. The molecule has 2 aliphatic rings. The number of nitrogens with zero attached hydrogens (tertiary/aromatic N) is 1. The topological polar surface area (TPSA) is 32.3 Å². The molecule has 1 aliphatic carbocycles. The predicted octanol–water partition coefficient (Wildman–Crippen LogP) is 3.48. The number of hydrogen-bond donors (Lipinski definition) is 1. The first-order valence-corrected chi connectivity index (χ1v) is 8.43. The van der Waals surface area contributed by atoms with Crippen molar-refractivity contribution in [2.75, 3.05) is 13.1 Å². The lowest BCUT2D eigenvalue weighted by atomic mass is 9.92. The van der Waals surface area contributed by atoms with E-state index < -0.39 is 0 Å². The van der Waals surface area contributed by atoms with Crippen LogP contribution in [0.3, 0.4) is 0 Å². The van der Waals surface area contributed by atoms with Gasteiger partial charge in [0.05, 0.1) is 10.6 Å². The monoisotopic (exact) mass is 306 g/mol. The Bertz CT molecular complexity index is 493. The number of hydrogen-bond acceptors (Lipinski definition) is 2. The molecule has 3 nitrogen and oxygen atoms in total. The van der Waals surface area contributed by atoms with Gasteiger partial charge in [0.15, 0.2) is 0 Å². The third-order valence-electron chi connectivity index (χ3n) is 4.73. The second-order valence-electron chi connectivity index (χ2n) is 6.13. The highest BCUT2D eigenvalue weighted by Crippen LogP contribution is 2.29. The van der Waals surface area contributed by atoms with Gasteiger partial charge in [-0.1, -0.05) is 43.0 Å². The summed E-state index contributed by atoms with van der Waals surface area (Å²) in [5.74, 6) is 0.112. The molecule has 1 aliphatic heterocycles. The first kappa shape index (κ1) is 14.9. The number of carbonyl (C=O) groups is 1. The van der Waals surface area contributed by atoms with E-state index in [0.29, 0.717) is 22.7 Å². The van der Waals surface area contributed by atoms with Crippen LogP contribution in [0, 0.1) is 0 Å². The van der Waals surface area contributed by atoms with Crippen LogP contribution in [0.2, 0.25) is 5.02 Å². The maximum atomic E-state index is 13.1. The molecule has 1 atom stereocenters. The zero-order chi connectivity index (χ0) is 14.7. The van der Waals surface area contributed by atoms with E-state index in [1.165, 1.54) is 19.3 Å². The van der Waals surface area contributed by atoms with Gasteiger partial charge in [-0.3, -0.25) is 4.79 Å². The van der Waals surface area contributed by atoms with Gasteiger partial charge in [0.2, 0.25) is 0 Å². The van der Waals surface area contributed by atoms with Gasteiger partial charge in [0.1, 0.15) is 0 Å². The van der Waals surface area contributed by atoms with Crippen LogP contribution >= 0.6 is 11.6 Å². The van der Waals surface area contributed by atoms with Crippen LogP contribution < -0.4 is 5.32 Å². The fourth-order valence-electron chi connectivity index (χ4n) is 3.64. The van der Waals surface area contributed by atoms with Crippen molar-refractivity contribution < 1.29 is 4.79 Å². The lowest BCUT2D eigenvalue weighted by Gasteiger charge is -2.38. The number of halogens is 1. The quantitative estimate of drug-likeness (QED) is 0.927. The number of amides is 1. The fraction of sp³-hybridized carbons (Fsp3) is 0.588. The van der Waals surface area contributed by atoms with Crippen molar-refractivity contribution in [3.05, 3.63) is 34.9 Å². The normalized spacial score (nSPS) is 23.2. The van der Waals surface area contributed by atoms with Crippen LogP contribution in [-0.4, -0.2) is 36.0 Å². The maximum Gasteiger partial charge on any atom is 0.255 e. The average Bonchev–Trinajstić information content (AvgIpc) is 3.03. The SMILES string of the molecule is O=C(c1ccccc1Cl)N(C1CCCCC1)[C@H]1CCNC1. The highest BCUT2D eigenvalue weighted by molar-refractivity contribution is 6.33. The van der Waals surface area contributed by atoms with Gasteiger partial charge in [-0.05, 0) is 37.9 Å². The summed E-state index contributed by atoms with van der Waals surface area (Å²) in [7, 11) is 0. The lowest BCUT2D eigenvalue weighted by molar-refractivity contribution is 0.0534. The Morgan fingerprint density at radius 3 is 2.52 bits per heavy atom. The third kappa shape index (κ3) is 3.24. The van der Waals surface area contributed by atoms with Gasteiger partial charge >= 0.3 is 0 Å². The minimum absolute atomic E-state index is 0.112. The van der Waals surface area contributed by atoms with Gasteiger partial charge in [0.25, 0.3) is 5.91 Å². The number of benzene rings is 1. The van der Waals surface area contributed by atoms with Crippen molar-refractivity contribution >= 4 is 17.5 Å². The Balaban J connectivity index is 1.86. The van der Waals surface area contributed by atoms with Crippen LogP contribution in [0.4, 0.5) is 0 Å². The Morgan fingerprint density at radius 1 is 1.10 bits per heavy atom. The van der Waals surface area contributed by atoms with Crippen molar-refractivity contribution in [3.63, 3.8) is 0 Å². The molecule has 0 radical (unpaired) electrons. The van der Waals surface area contributed by atoms with E-state index in [1.807, 2.05) is 18.2 Å². The number of carbonyl (C=O) groups excluding carboxylic acids is 1. The van der Waals surface area contributed by atoms with E-state index in [0.717, 1.165) is 32.4 Å². The average molecular weight is 307 g/mol. The van der Waals surface area contributed by atoms with Crippen LogP contribution in [-0.2, 0) is 0 Å². The van der Waals surface area contributed by atoms with Crippen molar-refractivity contribution in [3.8, 4) is 0 Å². The van der Waals surface area contributed by atoms with Crippen molar-refractivity contribution in [1.29, 1.82) is 0 Å². The number of nitrogens with one attached hydrogen (secondary N) is 1. The van der Waals surface area contributed by atoms with E-state index >= 15 is 0 Å². The third-order valence-corrected chi connectivity index (χ3v) is 5.06. The summed E-state index contributed by atoms with van der Waals surface area (Å²) in [5.41, 5.74) is 0.650. The highest BCUT2D eigenvalue weighted by Gasteiger charge is 2.34. The standard InChI is InChI=1S/C17H23ClN2O/c18-16-9-5-4-8-15(16)17(21)20(14-10-11-19-12-14)13-6-2-1-3-7-13/h4-5,8-9,13-14,19H,1-3,6-7,10-12H2/t14-/m0/s1. The van der Waals surface area contributed by atoms with Crippen molar-refractivity contribution in [2.24, 2.45) is 0 Å². The summed E-state index contributed by atoms with van der Waals surface area (Å²) in [4.78, 5) is 15.2. The van der Waals surface area contributed by atoms with Gasteiger partial charge in [-0.15, -0.1) is 0 Å². The molecule has 1 aromatic carbocycles. The molecule has 0 unspecified atom stereocenters. The van der Waals surface area contributed by atoms with E-state index in [9.17, 15) is 4.79 Å². The van der Waals surface area contributed by atoms with E-state index in [2.05, 4.69) is 10.2 Å². The second-order valence-corrected chi connectivity index (χ2v) is 6.54. The zero-order valence-electron chi connectivity index (χ0n) is 12.4. The summed E-state index contributed by atoms with van der Waals surface area (Å²) in [6, 6.07) is 8.12. The Morgan fingerprint density at radius 2 is 1.86 bits per heavy atom. The smallest absolute Gasteiger partial charge is 0.255 e. The molecule has 21 heavy (non-hydrogen) atoms. The van der Waals surface area contributed by atoms with Gasteiger partial charge in [-0.2, -0.15) is 0 Å². The molecule has 0 spiro atoms.